The number of pyridine rings is 1. The molecule has 2 nitrogen and oxygen atoms in total. The van der Waals surface area contributed by atoms with E-state index < -0.39 is 0 Å². The fourth-order valence-corrected chi connectivity index (χ4v) is 2.40. The normalized spacial score (nSPS) is 10.3. The lowest BCUT2D eigenvalue weighted by molar-refractivity contribution is 1.19. The maximum atomic E-state index is 8.70. The summed E-state index contributed by atoms with van der Waals surface area (Å²) in [7, 11) is 0. The van der Waals surface area contributed by atoms with Crippen LogP contribution in [-0.2, 0) is 6.42 Å². The summed E-state index contributed by atoms with van der Waals surface area (Å²) in [6, 6.07) is 7.17. The van der Waals surface area contributed by atoms with E-state index in [2.05, 4.69) is 11.1 Å². The number of nitrogens with zero attached hydrogens (tertiary/aromatic N) is 2. The zero-order valence-corrected chi connectivity index (χ0v) is 12.4. The quantitative estimate of drug-likeness (QED) is 0.543. The number of benzene rings is 1. The van der Waals surface area contributed by atoms with Gasteiger partial charge in [0, 0.05) is 11.8 Å². The Balaban J connectivity index is 2.58. The lowest BCUT2D eigenvalue weighted by Crippen LogP contribution is -1.89. The van der Waals surface area contributed by atoms with Crippen molar-refractivity contribution in [2.75, 3.05) is 0 Å². The fourth-order valence-electron chi connectivity index (χ4n) is 1.59. The van der Waals surface area contributed by atoms with Crippen LogP contribution in [0.25, 0.3) is 11.1 Å². The molecule has 0 fully saturated rings. The maximum absolute atomic E-state index is 8.70. The highest BCUT2D eigenvalue weighted by Crippen LogP contribution is 2.37. The lowest BCUT2D eigenvalue weighted by atomic mass is 10.1. The van der Waals surface area contributed by atoms with Gasteiger partial charge in [-0.2, -0.15) is 5.26 Å². The smallest absolute Gasteiger partial charge is 0.136 e. The molecule has 0 atom stereocenters. The van der Waals surface area contributed by atoms with Gasteiger partial charge in [0.1, 0.15) is 5.15 Å². The van der Waals surface area contributed by atoms with Gasteiger partial charge in [0.15, 0.2) is 0 Å². The summed E-state index contributed by atoms with van der Waals surface area (Å²) in [5.41, 5.74) is 2.13. The summed E-state index contributed by atoms with van der Waals surface area (Å²) in [5, 5.41) is 9.99. The maximum Gasteiger partial charge on any atom is 0.136 e. The van der Waals surface area contributed by atoms with Crippen molar-refractivity contribution in [1.82, 2.24) is 4.98 Å². The molecular formula is C13H6Cl4N2. The molecule has 1 aromatic heterocycles. The minimum absolute atomic E-state index is 0.256. The summed E-state index contributed by atoms with van der Waals surface area (Å²) in [6.07, 6.45) is 1.82. The van der Waals surface area contributed by atoms with E-state index in [-0.39, 0.29) is 6.42 Å². The van der Waals surface area contributed by atoms with Gasteiger partial charge in [0.05, 0.1) is 27.6 Å². The molecule has 1 aromatic carbocycles. The fraction of sp³-hybridized carbons (Fsp3) is 0.0769. The van der Waals surface area contributed by atoms with E-state index in [0.717, 1.165) is 5.56 Å². The Morgan fingerprint density at radius 3 is 2.26 bits per heavy atom. The van der Waals surface area contributed by atoms with E-state index in [1.807, 2.05) is 0 Å². The number of rotatable bonds is 2. The zero-order valence-electron chi connectivity index (χ0n) is 9.42. The monoisotopic (exact) mass is 330 g/mol. The van der Waals surface area contributed by atoms with E-state index >= 15 is 0 Å². The molecule has 0 amide bonds. The number of aromatic nitrogens is 1. The van der Waals surface area contributed by atoms with Crippen LogP contribution in [-0.4, -0.2) is 4.98 Å². The van der Waals surface area contributed by atoms with Crippen LogP contribution in [0.15, 0.2) is 24.4 Å². The molecule has 0 aliphatic heterocycles. The van der Waals surface area contributed by atoms with E-state index in [0.29, 0.717) is 31.3 Å². The van der Waals surface area contributed by atoms with Gasteiger partial charge in [0.2, 0.25) is 0 Å². The SMILES string of the molecule is N#CCc1cnc(Cl)c(-c2cc(Cl)c(Cl)c(Cl)c2)c1. The predicted molar refractivity (Wildman–Crippen MR) is 79.0 cm³/mol. The van der Waals surface area contributed by atoms with Gasteiger partial charge in [-0.15, -0.1) is 0 Å². The van der Waals surface area contributed by atoms with Crippen molar-refractivity contribution in [3.8, 4) is 17.2 Å². The summed E-state index contributed by atoms with van der Waals surface area (Å²) in [4.78, 5) is 4.05. The number of hydrogen-bond donors (Lipinski definition) is 0. The highest BCUT2D eigenvalue weighted by Gasteiger charge is 2.11. The van der Waals surface area contributed by atoms with Crippen LogP contribution < -0.4 is 0 Å². The largest absolute Gasteiger partial charge is 0.244 e. The number of hydrogen-bond acceptors (Lipinski definition) is 2. The van der Waals surface area contributed by atoms with Crippen molar-refractivity contribution in [2.45, 2.75) is 6.42 Å². The van der Waals surface area contributed by atoms with Crippen LogP contribution in [0.3, 0.4) is 0 Å². The Labute approximate surface area is 130 Å². The van der Waals surface area contributed by atoms with Crippen molar-refractivity contribution in [3.63, 3.8) is 0 Å². The van der Waals surface area contributed by atoms with Gasteiger partial charge in [-0.05, 0) is 29.3 Å². The molecule has 0 unspecified atom stereocenters. The van der Waals surface area contributed by atoms with Gasteiger partial charge in [-0.3, -0.25) is 0 Å². The first kappa shape index (κ1) is 14.4. The van der Waals surface area contributed by atoms with Crippen molar-refractivity contribution >= 4 is 46.4 Å². The molecule has 2 aromatic rings. The third kappa shape index (κ3) is 3.13. The molecule has 0 radical (unpaired) electrons. The Morgan fingerprint density at radius 1 is 1.05 bits per heavy atom. The van der Waals surface area contributed by atoms with Crippen LogP contribution in [0.5, 0.6) is 0 Å². The van der Waals surface area contributed by atoms with Crippen molar-refractivity contribution in [3.05, 3.63) is 50.2 Å². The van der Waals surface area contributed by atoms with Crippen LogP contribution in [0.1, 0.15) is 5.56 Å². The molecule has 1 heterocycles. The topological polar surface area (TPSA) is 36.7 Å². The molecule has 0 spiro atoms. The van der Waals surface area contributed by atoms with Crippen LogP contribution >= 0.6 is 46.4 Å². The molecular weight excluding hydrogens is 326 g/mol. The molecule has 0 saturated heterocycles. The Bertz CT molecular complexity index is 654. The van der Waals surface area contributed by atoms with Crippen LogP contribution in [0, 0.1) is 11.3 Å². The van der Waals surface area contributed by atoms with E-state index in [1.165, 1.54) is 0 Å². The Morgan fingerprint density at radius 2 is 1.68 bits per heavy atom. The van der Waals surface area contributed by atoms with E-state index in [1.54, 1.807) is 24.4 Å². The van der Waals surface area contributed by atoms with E-state index in [9.17, 15) is 0 Å². The van der Waals surface area contributed by atoms with Crippen LogP contribution in [0.4, 0.5) is 0 Å². The predicted octanol–water partition coefficient (Wildman–Crippen LogP) is 5.43. The molecule has 96 valence electrons. The third-order valence-electron chi connectivity index (χ3n) is 2.47. The highest BCUT2D eigenvalue weighted by atomic mass is 35.5. The first-order chi connectivity index (χ1) is 9.02. The standard InChI is InChI=1S/C13H6Cl4N2/c14-10-4-8(5-11(15)12(10)16)9-3-7(1-2-18)6-19-13(9)17/h3-6H,1H2. The molecule has 0 aliphatic carbocycles. The van der Waals surface area contributed by atoms with Crippen molar-refractivity contribution < 1.29 is 0 Å². The Hall–Kier alpha value is -0.980. The summed E-state index contributed by atoms with van der Waals surface area (Å²) in [5.74, 6) is 0. The summed E-state index contributed by atoms with van der Waals surface area (Å²) in [6.45, 7) is 0. The van der Waals surface area contributed by atoms with Gasteiger partial charge in [-0.1, -0.05) is 46.4 Å². The number of halogens is 4. The average Bonchev–Trinajstić information content (AvgIpc) is 2.38. The molecule has 2 rings (SSSR count). The van der Waals surface area contributed by atoms with Crippen LogP contribution in [0.2, 0.25) is 20.2 Å². The second-order valence-corrected chi connectivity index (χ2v) is 5.32. The second kappa shape index (κ2) is 5.98. The molecule has 19 heavy (non-hydrogen) atoms. The average molecular weight is 332 g/mol. The molecule has 0 aliphatic rings. The molecule has 0 bridgehead atoms. The highest BCUT2D eigenvalue weighted by molar-refractivity contribution is 6.48. The molecule has 0 N–H and O–H groups in total. The Kier molecular flexibility index (Phi) is 4.54. The minimum Gasteiger partial charge on any atom is -0.244 e. The molecule has 0 saturated carbocycles. The lowest BCUT2D eigenvalue weighted by Gasteiger charge is -2.08. The summed E-state index contributed by atoms with van der Waals surface area (Å²) >= 11 is 23.9. The van der Waals surface area contributed by atoms with Gasteiger partial charge >= 0.3 is 0 Å². The van der Waals surface area contributed by atoms with Crippen molar-refractivity contribution in [1.29, 1.82) is 5.26 Å². The minimum atomic E-state index is 0.256. The zero-order chi connectivity index (χ0) is 14.0. The summed E-state index contributed by atoms with van der Waals surface area (Å²) < 4.78 is 0. The van der Waals surface area contributed by atoms with Crippen molar-refractivity contribution in [2.24, 2.45) is 0 Å². The van der Waals surface area contributed by atoms with Gasteiger partial charge in [-0.25, -0.2) is 4.98 Å². The van der Waals surface area contributed by atoms with Gasteiger partial charge < -0.3 is 0 Å². The molecule has 6 heteroatoms. The van der Waals surface area contributed by atoms with Gasteiger partial charge in [0.25, 0.3) is 0 Å². The first-order valence-corrected chi connectivity index (χ1v) is 6.70. The third-order valence-corrected chi connectivity index (χ3v) is 3.97. The number of nitriles is 1. The second-order valence-electron chi connectivity index (χ2n) is 3.77. The first-order valence-electron chi connectivity index (χ1n) is 5.19. The van der Waals surface area contributed by atoms with E-state index in [4.69, 9.17) is 51.7 Å².